The van der Waals surface area contributed by atoms with E-state index < -0.39 is 0 Å². The Bertz CT molecular complexity index is 970. The number of hydrogen-bond donors (Lipinski definition) is 0. The minimum atomic E-state index is -0.296. The number of hydrogen-bond acceptors (Lipinski definition) is 6. The predicted octanol–water partition coefficient (Wildman–Crippen LogP) is 5.61. The first kappa shape index (κ1) is 22.2. The molecule has 156 valence electrons. The van der Waals surface area contributed by atoms with Crippen molar-refractivity contribution < 1.29 is 9.53 Å². The molecule has 0 bridgehead atoms. The van der Waals surface area contributed by atoms with E-state index in [2.05, 4.69) is 33.5 Å². The van der Waals surface area contributed by atoms with Crippen LogP contribution in [-0.2, 0) is 22.8 Å². The maximum atomic E-state index is 12.0. The highest BCUT2D eigenvalue weighted by Gasteiger charge is 2.13. The summed E-state index contributed by atoms with van der Waals surface area (Å²) in [5.74, 6) is 2.12. The summed E-state index contributed by atoms with van der Waals surface area (Å²) in [6.45, 7) is 8.22. The minimum Gasteiger partial charge on any atom is -0.459 e. The van der Waals surface area contributed by atoms with E-state index in [0.29, 0.717) is 12.1 Å². The lowest BCUT2D eigenvalue weighted by molar-refractivity contribution is 0.0378. The maximum absolute atomic E-state index is 12.0. The van der Waals surface area contributed by atoms with Crippen LogP contribution in [-0.4, -0.2) is 26.8 Å². The molecule has 7 heteroatoms. The van der Waals surface area contributed by atoms with E-state index in [1.807, 2.05) is 50.3 Å². The molecule has 3 aromatic rings. The van der Waals surface area contributed by atoms with Gasteiger partial charge in [-0.25, -0.2) is 4.79 Å². The van der Waals surface area contributed by atoms with Gasteiger partial charge in [0.15, 0.2) is 5.16 Å². The number of allylic oxidation sites excluding steroid dienone is 1. The number of rotatable bonds is 10. The van der Waals surface area contributed by atoms with Gasteiger partial charge in [0.25, 0.3) is 0 Å². The minimum absolute atomic E-state index is 0.127. The molecular formula is C23H25N3O2S2. The second-order valence-corrected chi connectivity index (χ2v) is 8.83. The highest BCUT2D eigenvalue weighted by molar-refractivity contribution is 7.98. The van der Waals surface area contributed by atoms with E-state index in [4.69, 9.17) is 4.74 Å². The molecule has 0 N–H and O–H groups in total. The summed E-state index contributed by atoms with van der Waals surface area (Å²) in [6, 6.07) is 17.8. The van der Waals surface area contributed by atoms with Crippen LogP contribution in [0.3, 0.4) is 0 Å². The van der Waals surface area contributed by atoms with Crippen LogP contribution in [0.4, 0.5) is 0 Å². The van der Waals surface area contributed by atoms with Crippen molar-refractivity contribution in [1.29, 1.82) is 0 Å². The van der Waals surface area contributed by atoms with Gasteiger partial charge in [0.05, 0.1) is 17.4 Å². The molecule has 0 radical (unpaired) electrons. The fourth-order valence-electron chi connectivity index (χ4n) is 2.68. The standard InChI is InChI=1S/C23H25N3O2S2/c1-4-14-26-21(16-29-20-8-6-5-7-9-20)24-25-23(26)30-15-18-10-12-19(13-11-18)22(27)28-17(2)3/h4-13,17H,1,14-16H2,2-3H3. The highest BCUT2D eigenvalue weighted by Crippen LogP contribution is 2.26. The zero-order chi connectivity index (χ0) is 21.3. The topological polar surface area (TPSA) is 57.0 Å². The molecule has 3 rings (SSSR count). The summed E-state index contributed by atoms with van der Waals surface area (Å²) in [4.78, 5) is 13.2. The Morgan fingerprint density at radius 3 is 2.47 bits per heavy atom. The largest absolute Gasteiger partial charge is 0.459 e. The van der Waals surface area contributed by atoms with Gasteiger partial charge in [-0.2, -0.15) is 0 Å². The summed E-state index contributed by atoms with van der Waals surface area (Å²) in [6.07, 6.45) is 1.73. The lowest BCUT2D eigenvalue weighted by atomic mass is 10.1. The van der Waals surface area contributed by atoms with Gasteiger partial charge in [0.1, 0.15) is 5.82 Å². The van der Waals surface area contributed by atoms with Gasteiger partial charge in [-0.3, -0.25) is 0 Å². The average molecular weight is 440 g/mol. The molecule has 1 aromatic heterocycles. The van der Waals surface area contributed by atoms with E-state index in [9.17, 15) is 4.79 Å². The number of carbonyl (C=O) groups is 1. The van der Waals surface area contributed by atoms with Crippen LogP contribution in [0.2, 0.25) is 0 Å². The SMILES string of the molecule is C=CCn1c(CSc2ccccc2)nnc1SCc1ccc(C(=O)OC(C)C)cc1. The lowest BCUT2D eigenvalue weighted by Gasteiger charge is -2.09. The number of ether oxygens (including phenoxy) is 1. The smallest absolute Gasteiger partial charge is 0.338 e. The van der Waals surface area contributed by atoms with Crippen LogP contribution >= 0.6 is 23.5 Å². The van der Waals surface area contributed by atoms with Crippen molar-refractivity contribution in [2.24, 2.45) is 0 Å². The van der Waals surface area contributed by atoms with Gasteiger partial charge in [-0.05, 0) is 43.7 Å². The zero-order valence-electron chi connectivity index (χ0n) is 17.2. The number of benzene rings is 2. The monoisotopic (exact) mass is 439 g/mol. The zero-order valence-corrected chi connectivity index (χ0v) is 18.8. The second kappa shape index (κ2) is 11.0. The van der Waals surface area contributed by atoms with Crippen molar-refractivity contribution in [3.05, 3.63) is 84.2 Å². The molecule has 0 amide bonds. The van der Waals surface area contributed by atoms with Crippen LogP contribution in [0.25, 0.3) is 0 Å². The molecular weight excluding hydrogens is 414 g/mol. The van der Waals surface area contributed by atoms with Crippen molar-refractivity contribution in [3.63, 3.8) is 0 Å². The first-order chi connectivity index (χ1) is 14.6. The summed E-state index contributed by atoms with van der Waals surface area (Å²) >= 11 is 3.36. The summed E-state index contributed by atoms with van der Waals surface area (Å²) in [7, 11) is 0. The van der Waals surface area contributed by atoms with Gasteiger partial charge in [0, 0.05) is 17.2 Å². The Labute approximate surface area is 185 Å². The van der Waals surface area contributed by atoms with E-state index in [1.165, 1.54) is 4.90 Å². The highest BCUT2D eigenvalue weighted by atomic mass is 32.2. The number of carbonyl (C=O) groups excluding carboxylic acids is 1. The number of thioether (sulfide) groups is 2. The quantitative estimate of drug-likeness (QED) is 0.232. The van der Waals surface area contributed by atoms with E-state index in [1.54, 1.807) is 35.7 Å². The number of aromatic nitrogens is 3. The molecule has 0 aliphatic carbocycles. The Morgan fingerprint density at radius 2 is 1.80 bits per heavy atom. The molecule has 0 spiro atoms. The molecule has 30 heavy (non-hydrogen) atoms. The molecule has 0 unspecified atom stereocenters. The Morgan fingerprint density at radius 1 is 1.07 bits per heavy atom. The van der Waals surface area contributed by atoms with Crippen LogP contribution in [0.5, 0.6) is 0 Å². The first-order valence-electron chi connectivity index (χ1n) is 9.70. The van der Waals surface area contributed by atoms with Gasteiger partial charge < -0.3 is 9.30 Å². The second-order valence-electron chi connectivity index (χ2n) is 6.84. The van der Waals surface area contributed by atoms with E-state index in [-0.39, 0.29) is 12.1 Å². The third-order valence-electron chi connectivity index (χ3n) is 4.12. The molecule has 0 saturated carbocycles. The molecule has 5 nitrogen and oxygen atoms in total. The van der Waals surface area contributed by atoms with E-state index >= 15 is 0 Å². The summed E-state index contributed by atoms with van der Waals surface area (Å²) < 4.78 is 7.33. The average Bonchev–Trinajstić information content (AvgIpc) is 3.13. The van der Waals surface area contributed by atoms with Crippen LogP contribution in [0.15, 0.2) is 77.3 Å². The van der Waals surface area contributed by atoms with Crippen LogP contribution in [0, 0.1) is 0 Å². The Balaban J connectivity index is 1.62. The van der Waals surface area contributed by atoms with Crippen molar-refractivity contribution in [3.8, 4) is 0 Å². The third kappa shape index (κ3) is 6.24. The van der Waals surface area contributed by atoms with Crippen LogP contribution < -0.4 is 0 Å². The van der Waals surface area contributed by atoms with Gasteiger partial charge in [-0.15, -0.1) is 28.5 Å². The third-order valence-corrected chi connectivity index (χ3v) is 6.16. The molecule has 0 aliphatic rings. The molecule has 2 aromatic carbocycles. The Hall–Kier alpha value is -2.51. The molecule has 1 heterocycles. The molecule has 0 atom stereocenters. The number of nitrogens with zero attached hydrogens (tertiary/aromatic N) is 3. The molecule has 0 aliphatic heterocycles. The van der Waals surface area contributed by atoms with Crippen molar-refractivity contribution in [1.82, 2.24) is 14.8 Å². The summed E-state index contributed by atoms with van der Waals surface area (Å²) in [5, 5.41) is 9.63. The molecule has 0 fully saturated rings. The van der Waals surface area contributed by atoms with Gasteiger partial charge in [-0.1, -0.05) is 48.2 Å². The fourth-order valence-corrected chi connectivity index (χ4v) is 4.46. The molecule has 0 saturated heterocycles. The van der Waals surface area contributed by atoms with Gasteiger partial charge >= 0.3 is 5.97 Å². The van der Waals surface area contributed by atoms with Crippen molar-refractivity contribution in [2.75, 3.05) is 0 Å². The van der Waals surface area contributed by atoms with Crippen molar-refractivity contribution in [2.45, 2.75) is 48.1 Å². The summed E-state index contributed by atoms with van der Waals surface area (Å²) in [5.41, 5.74) is 1.67. The normalized spacial score (nSPS) is 10.9. The number of esters is 1. The Kier molecular flexibility index (Phi) is 8.16. The van der Waals surface area contributed by atoms with Gasteiger partial charge in [0.2, 0.25) is 0 Å². The maximum Gasteiger partial charge on any atom is 0.338 e. The van der Waals surface area contributed by atoms with Crippen LogP contribution in [0.1, 0.15) is 35.6 Å². The fraction of sp³-hybridized carbons (Fsp3) is 0.261. The van der Waals surface area contributed by atoms with E-state index in [0.717, 1.165) is 28.0 Å². The first-order valence-corrected chi connectivity index (χ1v) is 11.7. The lowest BCUT2D eigenvalue weighted by Crippen LogP contribution is -2.11. The van der Waals surface area contributed by atoms with Crippen molar-refractivity contribution >= 4 is 29.5 Å². The predicted molar refractivity (Wildman–Crippen MR) is 123 cm³/mol.